The zero-order valence-corrected chi connectivity index (χ0v) is 29.6. The minimum atomic E-state index is -1.05. The number of carbonyl (C=O) groups excluding carboxylic acids is 3. The molecule has 0 aliphatic carbocycles. The quantitative estimate of drug-likeness (QED) is 0.161. The lowest BCUT2D eigenvalue weighted by molar-refractivity contribution is -0.141. The number of amides is 3. The van der Waals surface area contributed by atoms with E-state index in [0.29, 0.717) is 52.2 Å². The van der Waals surface area contributed by atoms with E-state index in [1.165, 1.54) is 16.7 Å². The van der Waals surface area contributed by atoms with Gasteiger partial charge in [-0.2, -0.15) is 0 Å². The number of nitrogens with zero attached hydrogens (tertiary/aromatic N) is 4. The molecule has 5 heterocycles. The van der Waals surface area contributed by atoms with Gasteiger partial charge in [0.15, 0.2) is 0 Å². The summed E-state index contributed by atoms with van der Waals surface area (Å²) in [6.45, 7) is 3.43. The van der Waals surface area contributed by atoms with Gasteiger partial charge in [0.1, 0.15) is 22.9 Å². The maximum atomic E-state index is 14.3. The number of pyridine rings is 2. The van der Waals surface area contributed by atoms with Crippen molar-refractivity contribution in [3.05, 3.63) is 77.7 Å². The predicted octanol–water partition coefficient (Wildman–Crippen LogP) is 1.29. The Morgan fingerprint density at radius 2 is 1.80 bits per heavy atom. The Balaban J connectivity index is 1.39. The molecule has 8 N–H and O–H groups in total. The van der Waals surface area contributed by atoms with Gasteiger partial charge in [0.25, 0.3) is 0 Å². The third kappa shape index (κ3) is 8.68. The highest BCUT2D eigenvalue weighted by molar-refractivity contribution is 7.99. The van der Waals surface area contributed by atoms with E-state index in [9.17, 15) is 14.4 Å². The molecule has 270 valence electrons. The van der Waals surface area contributed by atoms with Gasteiger partial charge >= 0.3 is 0 Å². The minimum absolute atomic E-state index is 0.145. The molecule has 51 heavy (non-hydrogen) atoms. The third-order valence-corrected chi connectivity index (χ3v) is 10.5. The first-order chi connectivity index (χ1) is 24.9. The number of anilines is 1. The summed E-state index contributed by atoms with van der Waals surface area (Å²) in [5, 5.41) is 11.1. The van der Waals surface area contributed by atoms with Crippen LogP contribution in [-0.4, -0.2) is 102 Å². The lowest BCUT2D eigenvalue weighted by Crippen LogP contribution is -2.59. The van der Waals surface area contributed by atoms with Crippen LogP contribution in [0.1, 0.15) is 29.5 Å². The van der Waals surface area contributed by atoms with Crippen LogP contribution in [0.25, 0.3) is 10.9 Å². The summed E-state index contributed by atoms with van der Waals surface area (Å²) >= 11 is 1.45. The third-order valence-electron chi connectivity index (χ3n) is 9.39. The Bertz CT molecular complexity index is 1830. The second-order valence-corrected chi connectivity index (χ2v) is 13.8. The molecule has 0 unspecified atom stereocenters. The number of hydrogen-bond acceptors (Lipinski definition) is 11. The first-order valence-corrected chi connectivity index (χ1v) is 18.1. The number of nitrogens with one attached hydrogen (secondary N) is 4. The van der Waals surface area contributed by atoms with Gasteiger partial charge in [-0.15, -0.1) is 0 Å². The molecule has 0 spiro atoms. The minimum Gasteiger partial charge on any atom is -0.378 e. The summed E-state index contributed by atoms with van der Waals surface area (Å²) < 4.78 is 5.56. The van der Waals surface area contributed by atoms with E-state index in [-0.39, 0.29) is 31.3 Å². The number of ether oxygens (including phenoxy) is 1. The van der Waals surface area contributed by atoms with Crippen molar-refractivity contribution in [3.63, 3.8) is 0 Å². The fourth-order valence-electron chi connectivity index (χ4n) is 6.41. The summed E-state index contributed by atoms with van der Waals surface area (Å²) in [6, 6.07) is 11.0. The second kappa shape index (κ2) is 17.1. The average Bonchev–Trinajstić information content (AvgIpc) is 3.58. The molecule has 15 heteroatoms. The summed E-state index contributed by atoms with van der Waals surface area (Å²) in [5.41, 5.74) is 15.5. The van der Waals surface area contributed by atoms with Gasteiger partial charge in [0, 0.05) is 80.6 Å². The van der Waals surface area contributed by atoms with Gasteiger partial charge in [0.2, 0.25) is 17.7 Å². The number of hydrogen-bond donors (Lipinski definition) is 6. The van der Waals surface area contributed by atoms with E-state index in [1.807, 2.05) is 54.9 Å². The highest BCUT2D eigenvalue weighted by atomic mass is 32.2. The van der Waals surface area contributed by atoms with Crippen molar-refractivity contribution in [3.8, 4) is 0 Å². The summed E-state index contributed by atoms with van der Waals surface area (Å²) in [6.07, 6.45) is 6.70. The topological polar surface area (TPSA) is 197 Å². The normalized spacial score (nSPS) is 21.1. The van der Waals surface area contributed by atoms with Crippen molar-refractivity contribution in [2.75, 3.05) is 51.3 Å². The first-order valence-electron chi connectivity index (χ1n) is 17.3. The van der Waals surface area contributed by atoms with Crippen LogP contribution < -0.4 is 32.3 Å². The Morgan fingerprint density at radius 1 is 0.980 bits per heavy atom. The van der Waals surface area contributed by atoms with Crippen LogP contribution in [0.4, 0.5) is 5.82 Å². The van der Waals surface area contributed by atoms with E-state index in [0.717, 1.165) is 43.3 Å². The first kappa shape index (κ1) is 36.3. The summed E-state index contributed by atoms with van der Waals surface area (Å²) in [5.74, 6) is -0.381. The molecular formula is C36H46N10O4S. The van der Waals surface area contributed by atoms with Crippen molar-refractivity contribution in [2.45, 2.75) is 60.4 Å². The molecule has 4 aromatic rings. The van der Waals surface area contributed by atoms with Crippen molar-refractivity contribution >= 4 is 46.2 Å². The van der Waals surface area contributed by atoms with Gasteiger partial charge in [-0.1, -0.05) is 36.0 Å². The smallest absolute Gasteiger partial charge is 0.246 e. The molecule has 0 saturated carbocycles. The molecule has 1 saturated heterocycles. The molecule has 2 aliphatic heterocycles. The van der Waals surface area contributed by atoms with Crippen LogP contribution in [0.15, 0.2) is 71.0 Å². The number of aromatic amines is 1. The highest BCUT2D eigenvalue weighted by Crippen LogP contribution is 2.33. The number of para-hydroxylation sites is 1. The number of benzene rings is 1. The number of H-pyrrole nitrogens is 1. The van der Waals surface area contributed by atoms with E-state index in [1.54, 1.807) is 13.2 Å². The van der Waals surface area contributed by atoms with Crippen LogP contribution in [-0.2, 0) is 38.6 Å². The fourth-order valence-corrected chi connectivity index (χ4v) is 7.37. The van der Waals surface area contributed by atoms with Gasteiger partial charge in [-0.3, -0.25) is 14.4 Å². The standard InChI is InChI=1S/C36H46N10O4S/c1-45-30(16-24-20-40-27-8-3-2-7-26(24)27)34(48)43-21-25-17-32(46-12-14-50-15-13-46)42-22-31(25)51-35-23(6-5-11-39-35)19-41-28(9-4-10-37)33(47)44-29(18-38)36(45)49/h2-3,5-8,11,17,20,22,28-30,40-41H,4,9-10,12-16,18-19,21,37-38H2,1H3,(H,43,48)(H,44,47)/t28-,29-,30-/m0/s1. The van der Waals surface area contributed by atoms with E-state index >= 15 is 0 Å². The molecular weight excluding hydrogens is 669 g/mol. The zero-order chi connectivity index (χ0) is 35.7. The van der Waals surface area contributed by atoms with Crippen molar-refractivity contribution in [1.82, 2.24) is 35.8 Å². The van der Waals surface area contributed by atoms with E-state index in [2.05, 4.69) is 30.8 Å². The lowest BCUT2D eigenvalue weighted by atomic mass is 10.0. The van der Waals surface area contributed by atoms with Crippen molar-refractivity contribution in [1.29, 1.82) is 0 Å². The van der Waals surface area contributed by atoms with Crippen LogP contribution in [0.3, 0.4) is 0 Å². The zero-order valence-electron chi connectivity index (χ0n) is 28.8. The van der Waals surface area contributed by atoms with Gasteiger partial charge in [0.05, 0.1) is 19.3 Å². The van der Waals surface area contributed by atoms with Crippen LogP contribution >= 0.6 is 11.8 Å². The molecule has 3 amide bonds. The second-order valence-electron chi connectivity index (χ2n) is 12.7. The van der Waals surface area contributed by atoms with Crippen LogP contribution in [0.2, 0.25) is 0 Å². The molecule has 6 rings (SSSR count). The molecule has 0 radical (unpaired) electrons. The van der Waals surface area contributed by atoms with Gasteiger partial charge < -0.3 is 46.9 Å². The van der Waals surface area contributed by atoms with Crippen LogP contribution in [0.5, 0.6) is 0 Å². The number of morpholine rings is 1. The van der Waals surface area contributed by atoms with Gasteiger partial charge in [-0.05, 0) is 54.3 Å². The average molecular weight is 715 g/mol. The Kier molecular flexibility index (Phi) is 12.2. The largest absolute Gasteiger partial charge is 0.378 e. The number of rotatable bonds is 7. The van der Waals surface area contributed by atoms with Crippen LogP contribution in [0, 0.1) is 0 Å². The Labute approximate surface area is 301 Å². The molecule has 1 fully saturated rings. The molecule has 3 aromatic heterocycles. The number of fused-ring (bicyclic) bond motifs is 3. The molecule has 14 nitrogen and oxygen atoms in total. The number of carbonyl (C=O) groups is 3. The lowest BCUT2D eigenvalue weighted by Gasteiger charge is -2.31. The fraction of sp³-hybridized carbons (Fsp3) is 0.417. The highest BCUT2D eigenvalue weighted by Gasteiger charge is 2.34. The Morgan fingerprint density at radius 3 is 2.61 bits per heavy atom. The number of aromatic nitrogens is 3. The summed E-state index contributed by atoms with van der Waals surface area (Å²) in [4.78, 5) is 59.2. The van der Waals surface area contributed by atoms with Crippen molar-refractivity contribution in [2.24, 2.45) is 11.5 Å². The van der Waals surface area contributed by atoms with Gasteiger partial charge in [-0.25, -0.2) is 9.97 Å². The van der Waals surface area contributed by atoms with E-state index < -0.39 is 24.0 Å². The SMILES string of the molecule is CN1C(=O)[C@H](CN)NC(=O)[C@H](CCCN)NCc2cccnc2Sc2cnc(N3CCOCC3)cc2CNC(=O)[C@@H]1Cc1c[nH]c2ccccc12. The monoisotopic (exact) mass is 714 g/mol. The maximum absolute atomic E-state index is 14.3. The predicted molar refractivity (Wildman–Crippen MR) is 196 cm³/mol. The number of nitrogens with two attached hydrogens (primary N) is 2. The molecule has 2 aliphatic rings. The van der Waals surface area contributed by atoms with Crippen molar-refractivity contribution < 1.29 is 19.1 Å². The molecule has 3 atom stereocenters. The number of likely N-dealkylation sites (N-methyl/N-ethyl adjacent to an activating group) is 1. The maximum Gasteiger partial charge on any atom is 0.246 e. The van der Waals surface area contributed by atoms with E-state index in [4.69, 9.17) is 21.2 Å². The molecule has 0 bridgehead atoms. The Hall–Kier alpha value is -4.54. The molecule has 1 aromatic carbocycles. The summed E-state index contributed by atoms with van der Waals surface area (Å²) in [7, 11) is 1.58.